The molecule has 1 aliphatic rings. The maximum absolute atomic E-state index is 6.60. The summed E-state index contributed by atoms with van der Waals surface area (Å²) in [6, 6.07) is 95.5. The van der Waals surface area contributed by atoms with Crippen LogP contribution in [0.2, 0.25) is 0 Å². The van der Waals surface area contributed by atoms with Crippen LogP contribution in [0.1, 0.15) is 27.7 Å². The number of aromatic nitrogens is 6. The van der Waals surface area contributed by atoms with E-state index in [1.165, 1.54) is 32.6 Å². The van der Waals surface area contributed by atoms with Crippen LogP contribution in [0.3, 0.4) is 0 Å². The Kier molecular flexibility index (Phi) is 14.6. The molecule has 481 valence electrons. The van der Waals surface area contributed by atoms with Crippen molar-refractivity contribution in [3.8, 4) is 45.3 Å². The van der Waals surface area contributed by atoms with Crippen molar-refractivity contribution in [2.24, 2.45) is 0 Å². The third-order valence-corrected chi connectivity index (χ3v) is 20.2. The molecule has 0 atom stereocenters. The van der Waals surface area contributed by atoms with Crippen LogP contribution in [0, 0.1) is 0 Å². The maximum atomic E-state index is 6.60. The first-order chi connectivity index (χ1) is 49.0. The van der Waals surface area contributed by atoms with Gasteiger partial charge in [-0.15, -0.1) is 0 Å². The SMILES string of the molecule is Brc1nc(-c2ccccc2)c2oc3ccccc3c2n1.CC1(C)OB(c2cc(-n3c4ccccc4c4ccccc43)cc3c2oc2ccccc23)OC1(C)C.[B].c1ccc(-c2nc(-c3cc(-n4c5ccccc5c5ccccc54)cc4c3oc3ccccc34)nc3c2oc2ccccc23)cc1. The highest BCUT2D eigenvalue weighted by Crippen LogP contribution is 2.45. The number of halogens is 1. The summed E-state index contributed by atoms with van der Waals surface area (Å²) in [5.41, 5.74) is 18.9. The summed E-state index contributed by atoms with van der Waals surface area (Å²) in [5, 5.41) is 11.1. The summed E-state index contributed by atoms with van der Waals surface area (Å²) >= 11 is 3.39. The molecule has 12 nitrogen and oxygen atoms in total. The second kappa shape index (κ2) is 24.0. The minimum Gasteiger partial charge on any atom is -0.456 e. The van der Waals surface area contributed by atoms with E-state index in [1.807, 2.05) is 115 Å². The highest BCUT2D eigenvalue weighted by atomic mass is 79.9. The minimum absolute atomic E-state index is 0. The number of para-hydroxylation sites is 8. The molecule has 9 heterocycles. The summed E-state index contributed by atoms with van der Waals surface area (Å²) in [7, 11) is -0.531. The number of fused-ring (bicyclic) bond motifs is 18. The summed E-state index contributed by atoms with van der Waals surface area (Å²) in [6.07, 6.45) is 0. The van der Waals surface area contributed by atoms with Crippen molar-refractivity contribution in [1.82, 2.24) is 29.1 Å². The molecule has 20 aromatic rings. The Labute approximate surface area is 588 Å². The van der Waals surface area contributed by atoms with Gasteiger partial charge < -0.3 is 36.1 Å². The van der Waals surface area contributed by atoms with E-state index in [1.54, 1.807) is 0 Å². The summed E-state index contributed by atoms with van der Waals surface area (Å²) < 4.78 is 43.6. The van der Waals surface area contributed by atoms with Crippen molar-refractivity contribution < 1.29 is 27.0 Å². The van der Waals surface area contributed by atoms with Crippen LogP contribution in [0.25, 0.3) is 177 Å². The van der Waals surface area contributed by atoms with E-state index >= 15 is 0 Å². The Bertz CT molecular complexity index is 6550. The van der Waals surface area contributed by atoms with Gasteiger partial charge in [0.1, 0.15) is 55.9 Å². The zero-order chi connectivity index (χ0) is 67.0. The van der Waals surface area contributed by atoms with E-state index in [-0.39, 0.29) is 8.41 Å². The molecule has 15 heteroatoms. The number of furan rings is 4. The van der Waals surface area contributed by atoms with Gasteiger partial charge in [0.2, 0.25) is 0 Å². The zero-order valence-corrected chi connectivity index (χ0v) is 56.8. The van der Waals surface area contributed by atoms with Crippen LogP contribution in [-0.4, -0.2) is 55.8 Å². The van der Waals surface area contributed by atoms with Gasteiger partial charge in [-0.1, -0.05) is 194 Å². The lowest BCUT2D eigenvalue weighted by molar-refractivity contribution is 0.00578. The number of benzene rings is 12. The fraction of sp³-hybridized carbons (Fsp3) is 0.0698. The first-order valence-electron chi connectivity index (χ1n) is 33.4. The van der Waals surface area contributed by atoms with Crippen LogP contribution in [0.15, 0.2) is 301 Å². The predicted octanol–water partition coefficient (Wildman–Crippen LogP) is 22.1. The molecular weight excluding hydrogens is 1310 g/mol. The zero-order valence-electron chi connectivity index (χ0n) is 55.2. The van der Waals surface area contributed by atoms with Crippen molar-refractivity contribution in [1.29, 1.82) is 0 Å². The Morgan fingerprint density at radius 2 is 0.673 bits per heavy atom. The molecule has 0 amide bonds. The molecular formula is C86H58B2BrN6O6. The molecule has 1 saturated heterocycles. The van der Waals surface area contributed by atoms with Crippen LogP contribution < -0.4 is 5.46 Å². The quantitative estimate of drug-likeness (QED) is 0.117. The summed E-state index contributed by atoms with van der Waals surface area (Å²) in [5.74, 6) is 0.583. The Hall–Kier alpha value is -11.9. The lowest BCUT2D eigenvalue weighted by atomic mass is 9.77. The third-order valence-electron chi connectivity index (χ3n) is 19.9. The molecule has 0 N–H and O–H groups in total. The third kappa shape index (κ3) is 10.0. The number of hydrogen-bond acceptors (Lipinski definition) is 10. The van der Waals surface area contributed by atoms with E-state index in [0.29, 0.717) is 16.1 Å². The molecule has 0 spiro atoms. The van der Waals surface area contributed by atoms with Crippen molar-refractivity contribution in [3.05, 3.63) is 284 Å². The molecule has 1 fully saturated rings. The lowest BCUT2D eigenvalue weighted by Gasteiger charge is -2.32. The van der Waals surface area contributed by atoms with Crippen molar-refractivity contribution in [2.75, 3.05) is 0 Å². The normalized spacial score (nSPS) is 13.6. The van der Waals surface area contributed by atoms with Crippen molar-refractivity contribution >= 4 is 169 Å². The average Bonchev–Trinajstić information content (AvgIpc) is 1.61. The van der Waals surface area contributed by atoms with E-state index < -0.39 is 18.3 Å². The van der Waals surface area contributed by atoms with E-state index in [0.717, 1.165) is 138 Å². The van der Waals surface area contributed by atoms with Gasteiger partial charge >= 0.3 is 7.12 Å². The molecule has 0 saturated carbocycles. The molecule has 101 heavy (non-hydrogen) atoms. The smallest absolute Gasteiger partial charge is 0.456 e. The first kappa shape index (κ1) is 61.5. The van der Waals surface area contributed by atoms with Crippen LogP contribution in [0.4, 0.5) is 0 Å². The van der Waals surface area contributed by atoms with Gasteiger partial charge in [-0.2, -0.15) is 0 Å². The molecule has 0 bridgehead atoms. The summed E-state index contributed by atoms with van der Waals surface area (Å²) in [6.45, 7) is 8.33. The first-order valence-corrected chi connectivity index (χ1v) is 34.2. The number of nitrogens with zero attached hydrogens (tertiary/aromatic N) is 6. The van der Waals surface area contributed by atoms with Gasteiger partial charge in [-0.25, -0.2) is 19.9 Å². The lowest BCUT2D eigenvalue weighted by Crippen LogP contribution is -2.41. The van der Waals surface area contributed by atoms with Gasteiger partial charge in [0.15, 0.2) is 21.7 Å². The predicted molar refractivity (Wildman–Crippen MR) is 414 cm³/mol. The van der Waals surface area contributed by atoms with Crippen LogP contribution in [0.5, 0.6) is 0 Å². The van der Waals surface area contributed by atoms with E-state index in [2.05, 4.69) is 227 Å². The van der Waals surface area contributed by atoms with Gasteiger partial charge in [0.25, 0.3) is 0 Å². The Morgan fingerprint density at radius 3 is 1.14 bits per heavy atom. The topological polar surface area (TPSA) is 132 Å². The van der Waals surface area contributed by atoms with Gasteiger partial charge in [-0.05, 0) is 129 Å². The van der Waals surface area contributed by atoms with E-state index in [4.69, 9.17) is 36.9 Å². The van der Waals surface area contributed by atoms with Crippen molar-refractivity contribution in [2.45, 2.75) is 38.9 Å². The van der Waals surface area contributed by atoms with Gasteiger partial charge in [0.05, 0.1) is 38.8 Å². The maximum Gasteiger partial charge on any atom is 0.498 e. The molecule has 1 aliphatic heterocycles. The number of rotatable bonds is 6. The van der Waals surface area contributed by atoms with E-state index in [9.17, 15) is 0 Å². The molecule has 8 aromatic heterocycles. The Balaban J connectivity index is 0.000000116. The molecule has 3 radical (unpaired) electrons. The second-order valence-electron chi connectivity index (χ2n) is 26.3. The molecule has 0 unspecified atom stereocenters. The second-order valence-corrected chi connectivity index (χ2v) is 27.0. The van der Waals surface area contributed by atoms with Gasteiger partial charge in [-0.3, -0.25) is 0 Å². The van der Waals surface area contributed by atoms with Crippen LogP contribution >= 0.6 is 15.9 Å². The standard InChI is InChI=1S/C40H23N3O2.C30H26BNO3.C16H9BrN2O.B/c1-2-12-24(13-3-1)36-39-37(29-17-7-11-21-35(29)45-39)42-40(41-36)31-23-25(22-30-28-16-6-10-20-34(28)44-38(30)31)43-32-18-8-4-14-26(32)27-15-5-9-19-33(27)43;1-29(2)30(3,4)35-31(34-29)24-18-19(17-23-22-13-7-10-16-27(22)33-28(23)24)32-25-14-8-5-11-20(25)21-12-6-9-15-26(21)32;17-16-18-13(10-6-2-1-3-7-10)15-14(19-16)11-8-4-5-9-12(11)20-15;/h1-23H;5-18H,1-4H3;1-9H;. The molecule has 0 aliphatic carbocycles. The van der Waals surface area contributed by atoms with Crippen molar-refractivity contribution in [3.63, 3.8) is 0 Å². The largest absolute Gasteiger partial charge is 0.498 e. The monoisotopic (exact) mass is 1370 g/mol. The average molecular weight is 1370 g/mol. The molecule has 21 rings (SSSR count). The minimum atomic E-state index is -0.531. The highest BCUT2D eigenvalue weighted by molar-refractivity contribution is 9.10. The summed E-state index contributed by atoms with van der Waals surface area (Å²) in [4.78, 5) is 19.4. The van der Waals surface area contributed by atoms with Gasteiger partial charge in [0, 0.05) is 90.2 Å². The van der Waals surface area contributed by atoms with Crippen LogP contribution in [-0.2, 0) is 9.31 Å². The Morgan fingerprint density at radius 1 is 0.327 bits per heavy atom. The fourth-order valence-electron chi connectivity index (χ4n) is 14.5. The number of hydrogen-bond donors (Lipinski definition) is 0. The fourth-order valence-corrected chi connectivity index (χ4v) is 14.8. The molecule has 12 aromatic carbocycles. The highest BCUT2D eigenvalue weighted by Gasteiger charge is 2.52.